The third-order valence-corrected chi connectivity index (χ3v) is 8.13. The molecular formula is C30H32N2O5. The van der Waals surface area contributed by atoms with Crippen molar-refractivity contribution in [3.63, 3.8) is 0 Å². The summed E-state index contributed by atoms with van der Waals surface area (Å²) in [5.41, 5.74) is 3.19. The van der Waals surface area contributed by atoms with Crippen LogP contribution in [0.4, 0.5) is 5.69 Å². The second kappa shape index (κ2) is 9.61. The summed E-state index contributed by atoms with van der Waals surface area (Å²) in [6, 6.07) is 13.6. The topological polar surface area (TPSA) is 98.5 Å². The smallest absolute Gasteiger partial charge is 0.337 e. The van der Waals surface area contributed by atoms with E-state index in [-0.39, 0.29) is 29.1 Å². The van der Waals surface area contributed by atoms with Gasteiger partial charge in [0.15, 0.2) is 5.78 Å². The number of hydrogen-bond donors (Lipinski definition) is 1. The molecule has 1 saturated carbocycles. The van der Waals surface area contributed by atoms with Crippen LogP contribution in [0.2, 0.25) is 0 Å². The maximum Gasteiger partial charge on any atom is 0.337 e. The van der Waals surface area contributed by atoms with E-state index in [1.54, 1.807) is 37.3 Å². The summed E-state index contributed by atoms with van der Waals surface area (Å²) in [5.74, 6) is -0.619. The lowest BCUT2D eigenvalue weighted by atomic mass is 9.75. The number of fused-ring (bicyclic) bond motifs is 2. The quantitative estimate of drug-likeness (QED) is 0.300. The van der Waals surface area contributed by atoms with Crippen molar-refractivity contribution >= 4 is 23.1 Å². The predicted molar refractivity (Wildman–Crippen MR) is 141 cm³/mol. The number of hydrogen-bond acceptors (Lipinski definition) is 6. The minimum atomic E-state index is -0.913. The van der Waals surface area contributed by atoms with Gasteiger partial charge < -0.3 is 10.1 Å². The zero-order valence-corrected chi connectivity index (χ0v) is 21.6. The van der Waals surface area contributed by atoms with Crippen molar-refractivity contribution in [2.45, 2.75) is 59.0 Å². The van der Waals surface area contributed by atoms with Gasteiger partial charge >= 0.3 is 5.97 Å². The number of para-hydroxylation sites is 1. The number of nitro benzene ring substituents is 1. The molecule has 5 rings (SSSR count). The van der Waals surface area contributed by atoms with Gasteiger partial charge in [-0.05, 0) is 37.5 Å². The Bertz CT molecular complexity index is 1360. The van der Waals surface area contributed by atoms with Gasteiger partial charge in [-0.15, -0.1) is 0 Å². The van der Waals surface area contributed by atoms with Crippen LogP contribution >= 0.6 is 0 Å². The molecule has 1 heterocycles. The lowest BCUT2D eigenvalue weighted by Crippen LogP contribution is -2.38. The summed E-state index contributed by atoms with van der Waals surface area (Å²) in [4.78, 5) is 39.2. The van der Waals surface area contributed by atoms with Crippen LogP contribution in [0.15, 0.2) is 65.4 Å². The third kappa shape index (κ3) is 4.26. The molecule has 2 aromatic rings. The number of Topliss-reactive ketones (excluding diaryl/α,β-unsaturated/α-hetero) is 1. The van der Waals surface area contributed by atoms with Crippen LogP contribution in [0.5, 0.6) is 0 Å². The fourth-order valence-corrected chi connectivity index (χ4v) is 6.26. The number of benzene rings is 2. The molecule has 7 nitrogen and oxygen atoms in total. The molecule has 37 heavy (non-hydrogen) atoms. The number of esters is 1. The molecule has 0 aromatic heterocycles. The summed E-state index contributed by atoms with van der Waals surface area (Å²) in [7, 11) is 0. The number of nitro groups is 1. The molecule has 4 unspecified atom stereocenters. The van der Waals surface area contributed by atoms with Crippen LogP contribution in [0, 0.1) is 27.9 Å². The fraction of sp³-hybridized carbons (Fsp3) is 0.400. The van der Waals surface area contributed by atoms with Gasteiger partial charge in [-0.25, -0.2) is 4.79 Å². The van der Waals surface area contributed by atoms with E-state index >= 15 is 0 Å². The molecular weight excluding hydrogens is 468 g/mol. The Kier molecular flexibility index (Phi) is 6.48. The normalized spacial score (nSPS) is 25.1. The summed E-state index contributed by atoms with van der Waals surface area (Å²) in [6.45, 7) is 8.24. The van der Waals surface area contributed by atoms with E-state index < -0.39 is 16.8 Å². The van der Waals surface area contributed by atoms with Gasteiger partial charge in [0.05, 0.1) is 22.1 Å². The fourth-order valence-electron chi connectivity index (χ4n) is 6.26. The van der Waals surface area contributed by atoms with Gasteiger partial charge in [-0.1, -0.05) is 69.7 Å². The van der Waals surface area contributed by atoms with E-state index in [0.717, 1.165) is 24.8 Å². The summed E-state index contributed by atoms with van der Waals surface area (Å²) < 4.78 is 6.22. The SMILES string of the molecule is CC1=C(C(=O)OC2CC(C)CCC2C(C)C)C(c2ccccc2[N+](=O)[O-])C2=C(N1)c1ccccc1C2=O. The van der Waals surface area contributed by atoms with Gasteiger partial charge in [0.1, 0.15) is 6.10 Å². The van der Waals surface area contributed by atoms with Crippen LogP contribution in [0.1, 0.15) is 74.4 Å². The standard InChI is InChI=1S/C30H32N2O5/c1-16(2)19-14-13-17(3)15-24(19)37-30(34)25-18(4)31-28-20-9-5-6-10-21(20)29(33)27(28)26(25)22-11-7-8-12-23(22)32(35)36/h5-12,16-17,19,24,26,31H,13-15H2,1-4H3. The lowest BCUT2D eigenvalue weighted by Gasteiger charge is -2.37. The summed E-state index contributed by atoms with van der Waals surface area (Å²) >= 11 is 0. The number of nitrogens with one attached hydrogen (secondary N) is 1. The zero-order chi connectivity index (χ0) is 26.4. The molecule has 1 aliphatic heterocycles. The van der Waals surface area contributed by atoms with Gasteiger partial charge in [0.25, 0.3) is 5.69 Å². The van der Waals surface area contributed by atoms with Crippen molar-refractivity contribution < 1.29 is 19.2 Å². The molecule has 192 valence electrons. The maximum atomic E-state index is 14.0. The molecule has 0 spiro atoms. The third-order valence-electron chi connectivity index (χ3n) is 8.13. The van der Waals surface area contributed by atoms with E-state index in [1.807, 2.05) is 12.1 Å². The molecule has 0 bridgehead atoms. The minimum absolute atomic E-state index is 0.130. The average Bonchev–Trinajstić information content (AvgIpc) is 3.14. The first-order chi connectivity index (χ1) is 17.7. The van der Waals surface area contributed by atoms with E-state index in [9.17, 15) is 19.7 Å². The molecule has 0 amide bonds. The van der Waals surface area contributed by atoms with Crippen LogP contribution in [-0.2, 0) is 9.53 Å². The highest BCUT2D eigenvalue weighted by Gasteiger charge is 2.46. The van der Waals surface area contributed by atoms with E-state index in [4.69, 9.17) is 4.74 Å². The first-order valence-corrected chi connectivity index (χ1v) is 13.0. The first-order valence-electron chi connectivity index (χ1n) is 13.0. The van der Waals surface area contributed by atoms with Gasteiger partial charge in [-0.2, -0.15) is 0 Å². The minimum Gasteiger partial charge on any atom is -0.459 e. The summed E-state index contributed by atoms with van der Waals surface area (Å²) in [6.07, 6.45) is 2.63. The highest BCUT2D eigenvalue weighted by Crippen LogP contribution is 2.49. The number of carbonyl (C=O) groups is 2. The van der Waals surface area contributed by atoms with Gasteiger partial charge in [-0.3, -0.25) is 14.9 Å². The number of rotatable bonds is 5. The largest absolute Gasteiger partial charge is 0.459 e. The molecule has 2 aliphatic carbocycles. The van der Waals surface area contributed by atoms with Crippen molar-refractivity contribution in [2.75, 3.05) is 0 Å². The van der Waals surface area contributed by atoms with Crippen LogP contribution in [-0.4, -0.2) is 22.8 Å². The van der Waals surface area contributed by atoms with E-state index in [0.29, 0.717) is 39.9 Å². The molecule has 1 N–H and O–H groups in total. The molecule has 4 atom stereocenters. The highest BCUT2D eigenvalue weighted by molar-refractivity contribution is 6.23. The zero-order valence-electron chi connectivity index (χ0n) is 21.6. The molecule has 3 aliphatic rings. The number of ketones is 1. The Balaban J connectivity index is 1.62. The highest BCUT2D eigenvalue weighted by atomic mass is 16.6. The lowest BCUT2D eigenvalue weighted by molar-refractivity contribution is -0.385. The Morgan fingerprint density at radius 1 is 1.08 bits per heavy atom. The molecule has 1 fully saturated rings. The predicted octanol–water partition coefficient (Wildman–Crippen LogP) is 6.17. The summed E-state index contributed by atoms with van der Waals surface area (Å²) in [5, 5.41) is 15.3. The monoisotopic (exact) mass is 500 g/mol. The van der Waals surface area contributed by atoms with E-state index in [1.165, 1.54) is 6.07 Å². The van der Waals surface area contributed by atoms with Gasteiger partial charge in [0.2, 0.25) is 0 Å². The number of nitrogens with zero attached hydrogens (tertiary/aromatic N) is 1. The molecule has 0 radical (unpaired) electrons. The van der Waals surface area contributed by atoms with Crippen molar-refractivity contribution in [2.24, 2.45) is 17.8 Å². The number of dihydropyridines is 1. The van der Waals surface area contributed by atoms with Crippen molar-refractivity contribution in [3.05, 3.63) is 92.2 Å². The van der Waals surface area contributed by atoms with E-state index in [2.05, 4.69) is 26.1 Å². The second-order valence-corrected chi connectivity index (χ2v) is 10.8. The Hall–Kier alpha value is -3.74. The number of allylic oxidation sites excluding steroid dienone is 2. The average molecular weight is 501 g/mol. The van der Waals surface area contributed by atoms with Crippen molar-refractivity contribution in [3.8, 4) is 0 Å². The van der Waals surface area contributed by atoms with Crippen LogP contribution < -0.4 is 5.32 Å². The second-order valence-electron chi connectivity index (χ2n) is 10.8. The Morgan fingerprint density at radius 2 is 1.76 bits per heavy atom. The number of carbonyl (C=O) groups excluding carboxylic acids is 2. The van der Waals surface area contributed by atoms with Crippen molar-refractivity contribution in [1.82, 2.24) is 5.32 Å². The van der Waals surface area contributed by atoms with Crippen molar-refractivity contribution in [1.29, 1.82) is 0 Å². The van der Waals surface area contributed by atoms with Gasteiger partial charge in [0, 0.05) is 34.0 Å². The molecule has 7 heteroatoms. The number of ether oxygens (including phenoxy) is 1. The van der Waals surface area contributed by atoms with Crippen LogP contribution in [0.25, 0.3) is 5.70 Å². The van der Waals surface area contributed by atoms with Crippen LogP contribution in [0.3, 0.4) is 0 Å². The molecule has 0 saturated heterocycles. The molecule has 2 aromatic carbocycles. The Morgan fingerprint density at radius 3 is 2.46 bits per heavy atom. The Labute approximate surface area is 216 Å². The first kappa shape index (κ1) is 24.9. The maximum absolute atomic E-state index is 14.0.